The number of nitrogens with one attached hydrogen (secondary N) is 1. The third-order valence-corrected chi connectivity index (χ3v) is 5.27. The third-order valence-electron chi connectivity index (χ3n) is 4.19. The maximum Gasteiger partial charge on any atom is 0.335 e. The normalized spacial score (nSPS) is 14.0. The average molecular weight is 328 g/mol. The smallest absolute Gasteiger partial charge is 0.335 e. The number of carboxylic acid groups (broad SMARTS) is 1. The second kappa shape index (κ2) is 5.34. The maximum atomic E-state index is 11.1. The van der Waals surface area contributed by atoms with Crippen molar-refractivity contribution in [2.24, 2.45) is 7.05 Å². The summed E-state index contributed by atoms with van der Waals surface area (Å²) in [5.74, 6) is -0.270. The zero-order valence-electron chi connectivity index (χ0n) is 12.7. The summed E-state index contributed by atoms with van der Waals surface area (Å²) >= 11 is 1.69. The van der Waals surface area contributed by atoms with E-state index in [9.17, 15) is 4.79 Å². The predicted molar refractivity (Wildman–Crippen MR) is 89.7 cm³/mol. The van der Waals surface area contributed by atoms with Gasteiger partial charge in [-0.2, -0.15) is 0 Å². The summed E-state index contributed by atoms with van der Waals surface area (Å²) in [5, 5.41) is 13.2. The molecule has 2 aromatic heterocycles. The van der Waals surface area contributed by atoms with Gasteiger partial charge in [0.1, 0.15) is 0 Å². The van der Waals surface area contributed by atoms with Crippen LogP contribution in [0.25, 0.3) is 11.0 Å². The fourth-order valence-electron chi connectivity index (χ4n) is 2.95. The molecule has 0 bridgehead atoms. The largest absolute Gasteiger partial charge is 0.478 e. The monoisotopic (exact) mass is 328 g/mol. The van der Waals surface area contributed by atoms with Gasteiger partial charge in [0.2, 0.25) is 5.95 Å². The molecule has 1 aromatic carbocycles. The van der Waals surface area contributed by atoms with Crippen LogP contribution in [0.3, 0.4) is 0 Å². The molecule has 2 heterocycles. The summed E-state index contributed by atoms with van der Waals surface area (Å²) in [6.07, 6.45) is 4.61. The van der Waals surface area contributed by atoms with Crippen LogP contribution in [0, 0.1) is 0 Å². The Morgan fingerprint density at radius 3 is 2.91 bits per heavy atom. The predicted octanol–water partition coefficient (Wildman–Crippen LogP) is 3.35. The molecule has 0 radical (unpaired) electrons. The van der Waals surface area contributed by atoms with Gasteiger partial charge in [-0.15, -0.1) is 11.3 Å². The SMILES string of the molecule is Cn1c(Nc2nc3c(s2)CCCC3)nc2cc(C(=O)O)ccc21. The summed E-state index contributed by atoms with van der Waals surface area (Å²) in [6, 6.07) is 4.97. The molecule has 0 spiro atoms. The summed E-state index contributed by atoms with van der Waals surface area (Å²) < 4.78 is 1.92. The number of imidazole rings is 1. The van der Waals surface area contributed by atoms with E-state index in [1.54, 1.807) is 29.5 Å². The van der Waals surface area contributed by atoms with E-state index in [1.165, 1.54) is 23.4 Å². The van der Waals surface area contributed by atoms with Crippen LogP contribution in [0.2, 0.25) is 0 Å². The number of anilines is 2. The van der Waals surface area contributed by atoms with E-state index >= 15 is 0 Å². The standard InChI is InChI=1S/C16H16N4O2S/c1-20-12-7-6-9(14(21)22)8-11(12)17-15(20)19-16-18-10-4-2-3-5-13(10)23-16/h6-8H,2-5H2,1H3,(H,21,22)(H,17,18,19). The first-order chi connectivity index (χ1) is 11.1. The zero-order valence-corrected chi connectivity index (χ0v) is 13.5. The number of aryl methyl sites for hydroxylation is 3. The summed E-state index contributed by atoms with van der Waals surface area (Å²) in [4.78, 5) is 21.6. The van der Waals surface area contributed by atoms with Crippen molar-refractivity contribution in [1.29, 1.82) is 0 Å². The molecule has 6 nitrogen and oxygen atoms in total. The average Bonchev–Trinajstić information content (AvgIpc) is 3.08. The highest BCUT2D eigenvalue weighted by atomic mass is 32.1. The lowest BCUT2D eigenvalue weighted by atomic mass is 10.0. The van der Waals surface area contributed by atoms with Crippen molar-refractivity contribution in [3.05, 3.63) is 34.3 Å². The summed E-state index contributed by atoms with van der Waals surface area (Å²) in [5.41, 5.74) is 3.00. The minimum absolute atomic E-state index is 0.242. The molecule has 0 saturated carbocycles. The minimum atomic E-state index is -0.945. The number of rotatable bonds is 3. The van der Waals surface area contributed by atoms with E-state index < -0.39 is 5.97 Å². The van der Waals surface area contributed by atoms with E-state index in [0.717, 1.165) is 23.5 Å². The lowest BCUT2D eigenvalue weighted by Gasteiger charge is -2.06. The quantitative estimate of drug-likeness (QED) is 0.771. The van der Waals surface area contributed by atoms with Gasteiger partial charge >= 0.3 is 5.97 Å². The molecular formula is C16H16N4O2S. The van der Waals surface area contributed by atoms with Crippen molar-refractivity contribution >= 4 is 39.4 Å². The fourth-order valence-corrected chi connectivity index (χ4v) is 3.99. The van der Waals surface area contributed by atoms with Crippen LogP contribution in [0.1, 0.15) is 33.8 Å². The fraction of sp³-hybridized carbons (Fsp3) is 0.312. The minimum Gasteiger partial charge on any atom is -0.478 e. The number of carbonyl (C=O) groups is 1. The second-order valence-electron chi connectivity index (χ2n) is 5.72. The van der Waals surface area contributed by atoms with Gasteiger partial charge < -0.3 is 15.0 Å². The van der Waals surface area contributed by atoms with Gasteiger partial charge in [0.15, 0.2) is 5.13 Å². The Morgan fingerprint density at radius 1 is 1.30 bits per heavy atom. The Hall–Kier alpha value is -2.41. The number of benzene rings is 1. The highest BCUT2D eigenvalue weighted by Gasteiger charge is 2.17. The van der Waals surface area contributed by atoms with Crippen LogP contribution in [-0.2, 0) is 19.9 Å². The van der Waals surface area contributed by atoms with Gasteiger partial charge in [0.25, 0.3) is 0 Å². The molecular weight excluding hydrogens is 312 g/mol. The molecule has 0 amide bonds. The molecule has 0 fully saturated rings. The number of hydrogen-bond acceptors (Lipinski definition) is 5. The Morgan fingerprint density at radius 2 is 2.13 bits per heavy atom. The van der Waals surface area contributed by atoms with Crippen LogP contribution in [0.15, 0.2) is 18.2 Å². The number of aromatic nitrogens is 3. The number of aromatic carboxylic acids is 1. The van der Waals surface area contributed by atoms with Crippen LogP contribution in [0.4, 0.5) is 11.1 Å². The van der Waals surface area contributed by atoms with Crippen molar-refractivity contribution in [3.63, 3.8) is 0 Å². The highest BCUT2D eigenvalue weighted by Crippen LogP contribution is 2.31. The summed E-state index contributed by atoms with van der Waals surface area (Å²) in [6.45, 7) is 0. The molecule has 0 atom stereocenters. The molecule has 2 N–H and O–H groups in total. The van der Waals surface area contributed by atoms with Crippen LogP contribution in [0.5, 0.6) is 0 Å². The van der Waals surface area contributed by atoms with Crippen molar-refractivity contribution in [3.8, 4) is 0 Å². The van der Waals surface area contributed by atoms with Gasteiger partial charge in [-0.25, -0.2) is 14.8 Å². The molecule has 1 aliphatic carbocycles. The Labute approximate surface area is 136 Å². The van der Waals surface area contributed by atoms with Crippen LogP contribution in [-0.4, -0.2) is 25.6 Å². The van der Waals surface area contributed by atoms with E-state index in [-0.39, 0.29) is 5.56 Å². The van der Waals surface area contributed by atoms with Gasteiger partial charge in [0, 0.05) is 11.9 Å². The van der Waals surface area contributed by atoms with Crippen LogP contribution >= 0.6 is 11.3 Å². The molecule has 3 aromatic rings. The van der Waals surface area contributed by atoms with E-state index in [4.69, 9.17) is 5.11 Å². The highest BCUT2D eigenvalue weighted by molar-refractivity contribution is 7.15. The van der Waals surface area contributed by atoms with Gasteiger partial charge in [0.05, 0.1) is 22.3 Å². The Kier molecular flexibility index (Phi) is 3.30. The van der Waals surface area contributed by atoms with Crippen molar-refractivity contribution < 1.29 is 9.90 Å². The number of nitrogens with zero attached hydrogens (tertiary/aromatic N) is 3. The number of fused-ring (bicyclic) bond motifs is 2. The first-order valence-corrected chi connectivity index (χ1v) is 8.39. The van der Waals surface area contributed by atoms with E-state index in [0.29, 0.717) is 11.5 Å². The molecule has 4 rings (SSSR count). The maximum absolute atomic E-state index is 11.1. The first kappa shape index (κ1) is 14.2. The van der Waals surface area contributed by atoms with Gasteiger partial charge in [-0.05, 0) is 43.9 Å². The summed E-state index contributed by atoms with van der Waals surface area (Å²) in [7, 11) is 1.91. The number of carboxylic acids is 1. The molecule has 7 heteroatoms. The molecule has 0 unspecified atom stereocenters. The number of thiazole rings is 1. The van der Waals surface area contributed by atoms with E-state index in [2.05, 4.69) is 15.3 Å². The topological polar surface area (TPSA) is 80.0 Å². The van der Waals surface area contributed by atoms with Crippen molar-refractivity contribution in [2.75, 3.05) is 5.32 Å². The molecule has 118 valence electrons. The zero-order chi connectivity index (χ0) is 16.0. The Bertz CT molecular complexity index is 889. The van der Waals surface area contributed by atoms with E-state index in [1.807, 2.05) is 11.6 Å². The third kappa shape index (κ3) is 2.46. The van der Waals surface area contributed by atoms with Gasteiger partial charge in [-0.3, -0.25) is 0 Å². The Balaban J connectivity index is 1.69. The molecule has 0 saturated heterocycles. The van der Waals surface area contributed by atoms with Gasteiger partial charge in [-0.1, -0.05) is 0 Å². The molecule has 0 aliphatic heterocycles. The molecule has 1 aliphatic rings. The number of hydrogen-bond donors (Lipinski definition) is 2. The lowest BCUT2D eigenvalue weighted by molar-refractivity contribution is 0.0697. The van der Waals surface area contributed by atoms with Crippen LogP contribution < -0.4 is 5.32 Å². The second-order valence-corrected chi connectivity index (χ2v) is 6.81. The van der Waals surface area contributed by atoms with Crippen molar-refractivity contribution in [2.45, 2.75) is 25.7 Å². The van der Waals surface area contributed by atoms with Crippen molar-refractivity contribution in [1.82, 2.24) is 14.5 Å². The first-order valence-electron chi connectivity index (χ1n) is 7.57. The molecule has 23 heavy (non-hydrogen) atoms. The lowest BCUT2D eigenvalue weighted by Crippen LogP contribution is -2.00.